The molecular weight excluding hydrogens is 229 g/mol. The van der Waals surface area contributed by atoms with Gasteiger partial charge in [-0.15, -0.1) is 0 Å². The van der Waals surface area contributed by atoms with E-state index in [9.17, 15) is 4.39 Å². The van der Waals surface area contributed by atoms with Crippen LogP contribution in [0.15, 0.2) is 18.2 Å². The van der Waals surface area contributed by atoms with Gasteiger partial charge in [-0.25, -0.2) is 4.39 Å². The molecule has 0 amide bonds. The van der Waals surface area contributed by atoms with Crippen molar-refractivity contribution in [2.24, 2.45) is 5.73 Å². The van der Waals surface area contributed by atoms with E-state index < -0.39 is 0 Å². The molecule has 2 N–H and O–H groups in total. The van der Waals surface area contributed by atoms with Crippen molar-refractivity contribution in [2.75, 3.05) is 11.4 Å². The molecule has 0 aromatic heterocycles. The first-order chi connectivity index (χ1) is 8.49. The molecule has 0 spiro atoms. The Hall–Kier alpha value is -1.60. The normalized spacial score (nSPS) is 12.3. The smallest absolute Gasteiger partial charge is 0.130 e. The number of nitrogens with zero attached hydrogens (tertiary/aromatic N) is 2. The highest BCUT2D eigenvalue weighted by molar-refractivity contribution is 5.56. The fraction of sp³-hybridized carbons (Fsp3) is 0.500. The lowest BCUT2D eigenvalue weighted by Crippen LogP contribution is -2.33. The van der Waals surface area contributed by atoms with E-state index >= 15 is 0 Å². The molecule has 98 valence electrons. The molecule has 0 heterocycles. The van der Waals surface area contributed by atoms with Crippen molar-refractivity contribution in [2.45, 2.75) is 39.3 Å². The maximum atomic E-state index is 13.9. The number of hydrogen-bond acceptors (Lipinski definition) is 3. The summed E-state index contributed by atoms with van der Waals surface area (Å²) in [6.45, 7) is 6.39. The van der Waals surface area contributed by atoms with Gasteiger partial charge in [0.05, 0.1) is 12.5 Å². The summed E-state index contributed by atoms with van der Waals surface area (Å²) in [6.07, 6.45) is 0.410. The van der Waals surface area contributed by atoms with E-state index in [0.717, 1.165) is 5.69 Å². The molecule has 0 aliphatic carbocycles. The number of nitrogens with two attached hydrogens (primary N) is 1. The summed E-state index contributed by atoms with van der Waals surface area (Å²) in [5.74, 6) is -0.287. The first kappa shape index (κ1) is 14.5. The molecule has 3 nitrogen and oxygen atoms in total. The second kappa shape index (κ2) is 6.36. The minimum Gasteiger partial charge on any atom is -0.368 e. The molecule has 1 aromatic rings. The van der Waals surface area contributed by atoms with Crippen LogP contribution < -0.4 is 10.6 Å². The summed E-state index contributed by atoms with van der Waals surface area (Å²) in [5, 5.41) is 8.70. The Morgan fingerprint density at radius 2 is 2.06 bits per heavy atom. The lowest BCUT2D eigenvalue weighted by atomic mass is 10.0. The molecule has 4 heteroatoms. The highest BCUT2D eigenvalue weighted by atomic mass is 19.1. The maximum Gasteiger partial charge on any atom is 0.130 e. The monoisotopic (exact) mass is 249 g/mol. The van der Waals surface area contributed by atoms with Crippen LogP contribution in [0.4, 0.5) is 10.1 Å². The van der Waals surface area contributed by atoms with Crippen molar-refractivity contribution in [1.82, 2.24) is 0 Å². The summed E-state index contributed by atoms with van der Waals surface area (Å²) < 4.78 is 13.9. The lowest BCUT2D eigenvalue weighted by molar-refractivity contribution is 0.587. The van der Waals surface area contributed by atoms with Crippen LogP contribution in [0.2, 0.25) is 0 Å². The second-order valence-corrected chi connectivity index (χ2v) is 4.66. The molecule has 0 radical (unpaired) electrons. The molecule has 0 aliphatic heterocycles. The molecule has 0 bridgehead atoms. The summed E-state index contributed by atoms with van der Waals surface area (Å²) in [6, 6.07) is 6.90. The van der Waals surface area contributed by atoms with E-state index in [1.165, 1.54) is 6.07 Å². The fourth-order valence-electron chi connectivity index (χ4n) is 2.05. The molecule has 0 saturated carbocycles. The van der Waals surface area contributed by atoms with E-state index in [1.54, 1.807) is 13.0 Å². The third-order valence-corrected chi connectivity index (χ3v) is 2.88. The quantitative estimate of drug-likeness (QED) is 0.872. The van der Waals surface area contributed by atoms with Crippen molar-refractivity contribution in [3.8, 4) is 6.07 Å². The van der Waals surface area contributed by atoms with Crippen molar-refractivity contribution in [3.05, 3.63) is 29.6 Å². The van der Waals surface area contributed by atoms with Crippen molar-refractivity contribution < 1.29 is 4.39 Å². The molecular formula is C14H20FN3. The van der Waals surface area contributed by atoms with Gasteiger partial charge in [0.2, 0.25) is 0 Å². The zero-order chi connectivity index (χ0) is 13.7. The second-order valence-electron chi connectivity index (χ2n) is 4.66. The van der Waals surface area contributed by atoms with Gasteiger partial charge >= 0.3 is 0 Å². The number of benzene rings is 1. The predicted octanol–water partition coefficient (Wildman–Crippen LogP) is 2.97. The Labute approximate surface area is 108 Å². The SMILES string of the molecule is CC(N)c1c(F)cccc1N(CCC#N)C(C)C. The van der Waals surface area contributed by atoms with E-state index in [4.69, 9.17) is 11.0 Å². The summed E-state index contributed by atoms with van der Waals surface area (Å²) in [7, 11) is 0. The Morgan fingerprint density at radius 3 is 2.56 bits per heavy atom. The number of hydrogen-bond donors (Lipinski definition) is 1. The zero-order valence-corrected chi connectivity index (χ0v) is 11.2. The first-order valence-electron chi connectivity index (χ1n) is 6.16. The number of nitriles is 1. The first-order valence-corrected chi connectivity index (χ1v) is 6.16. The van der Waals surface area contributed by atoms with Crippen LogP contribution in [-0.2, 0) is 0 Å². The van der Waals surface area contributed by atoms with E-state index in [-0.39, 0.29) is 17.9 Å². The van der Waals surface area contributed by atoms with Gasteiger partial charge in [0.15, 0.2) is 0 Å². The standard InChI is InChI=1S/C14H20FN3/c1-10(2)18(9-5-8-16)13-7-4-6-12(15)14(13)11(3)17/h4,6-7,10-11H,5,9,17H2,1-3H3. The molecule has 1 unspecified atom stereocenters. The van der Waals surface area contributed by atoms with Crippen molar-refractivity contribution in [1.29, 1.82) is 5.26 Å². The van der Waals surface area contributed by atoms with E-state index in [0.29, 0.717) is 18.5 Å². The molecule has 0 saturated heterocycles. The Balaban J connectivity index is 3.19. The number of halogens is 1. The van der Waals surface area contributed by atoms with Gasteiger partial charge in [-0.1, -0.05) is 6.07 Å². The van der Waals surface area contributed by atoms with Crippen LogP contribution in [0.25, 0.3) is 0 Å². The Bertz CT molecular complexity index is 435. The van der Waals surface area contributed by atoms with Crippen LogP contribution >= 0.6 is 0 Å². The molecule has 0 aliphatic rings. The van der Waals surface area contributed by atoms with Crippen LogP contribution in [0.1, 0.15) is 38.8 Å². The van der Waals surface area contributed by atoms with E-state index in [1.807, 2.05) is 24.8 Å². The van der Waals surface area contributed by atoms with Gasteiger partial charge < -0.3 is 10.6 Å². The molecule has 18 heavy (non-hydrogen) atoms. The van der Waals surface area contributed by atoms with Crippen LogP contribution in [0.3, 0.4) is 0 Å². The van der Waals surface area contributed by atoms with Crippen LogP contribution in [0.5, 0.6) is 0 Å². The summed E-state index contributed by atoms with van der Waals surface area (Å²) in [5.41, 5.74) is 7.16. The van der Waals surface area contributed by atoms with Gasteiger partial charge in [0.25, 0.3) is 0 Å². The molecule has 1 rings (SSSR count). The minimum atomic E-state index is -0.371. The number of rotatable bonds is 5. The largest absolute Gasteiger partial charge is 0.368 e. The van der Waals surface area contributed by atoms with Crippen LogP contribution in [-0.4, -0.2) is 12.6 Å². The highest BCUT2D eigenvalue weighted by Gasteiger charge is 2.19. The molecule has 0 fully saturated rings. The summed E-state index contributed by atoms with van der Waals surface area (Å²) in [4.78, 5) is 2.02. The predicted molar refractivity (Wildman–Crippen MR) is 71.7 cm³/mol. The number of anilines is 1. The van der Waals surface area contributed by atoms with Gasteiger partial charge in [-0.05, 0) is 32.9 Å². The average Bonchev–Trinajstić information content (AvgIpc) is 2.28. The molecule has 1 atom stereocenters. The van der Waals surface area contributed by atoms with Gasteiger partial charge in [0, 0.05) is 29.9 Å². The third kappa shape index (κ3) is 3.21. The Morgan fingerprint density at radius 1 is 1.39 bits per heavy atom. The van der Waals surface area contributed by atoms with Crippen LogP contribution in [0, 0.1) is 17.1 Å². The molecule has 1 aromatic carbocycles. The van der Waals surface area contributed by atoms with Gasteiger partial charge in [0.1, 0.15) is 5.82 Å². The topological polar surface area (TPSA) is 53.0 Å². The van der Waals surface area contributed by atoms with Crippen molar-refractivity contribution >= 4 is 5.69 Å². The third-order valence-electron chi connectivity index (χ3n) is 2.88. The highest BCUT2D eigenvalue weighted by Crippen LogP contribution is 2.29. The van der Waals surface area contributed by atoms with Crippen molar-refractivity contribution in [3.63, 3.8) is 0 Å². The van der Waals surface area contributed by atoms with E-state index in [2.05, 4.69) is 6.07 Å². The zero-order valence-electron chi connectivity index (χ0n) is 11.2. The maximum absolute atomic E-state index is 13.9. The van der Waals surface area contributed by atoms with Gasteiger partial charge in [-0.3, -0.25) is 0 Å². The Kier molecular flexibility index (Phi) is 5.11. The summed E-state index contributed by atoms with van der Waals surface area (Å²) >= 11 is 0. The fourth-order valence-corrected chi connectivity index (χ4v) is 2.05. The average molecular weight is 249 g/mol. The van der Waals surface area contributed by atoms with Gasteiger partial charge in [-0.2, -0.15) is 5.26 Å². The lowest BCUT2D eigenvalue weighted by Gasteiger charge is -2.31. The minimum absolute atomic E-state index is 0.192.